The number of esters is 1. The molecule has 0 radical (unpaired) electrons. The number of carbonyl (C=O) groups excluding carboxylic acids is 1. The maximum Gasteiger partial charge on any atom is 0.338 e. The molecule has 5 unspecified atom stereocenters. The SMILES string of the molecule is CC1(O)C(OC(=O)c2ccc3ccccc3c2)CN2C(N)=NC(CO)C3N=C(N)N(O)C321. The van der Waals surface area contributed by atoms with E-state index in [1.54, 1.807) is 12.1 Å². The van der Waals surface area contributed by atoms with E-state index < -0.39 is 42.0 Å². The number of carbonyl (C=O) groups is 1. The lowest BCUT2D eigenvalue weighted by atomic mass is 9.79. The molecule has 5 atom stereocenters. The summed E-state index contributed by atoms with van der Waals surface area (Å²) in [5.41, 5.74) is 8.73. The maximum atomic E-state index is 13.0. The van der Waals surface area contributed by atoms with Crippen molar-refractivity contribution in [1.82, 2.24) is 9.96 Å². The zero-order valence-electron chi connectivity index (χ0n) is 17.3. The predicted molar refractivity (Wildman–Crippen MR) is 115 cm³/mol. The van der Waals surface area contributed by atoms with E-state index in [1.807, 2.05) is 30.3 Å². The number of fused-ring (bicyclic) bond motifs is 1. The van der Waals surface area contributed by atoms with Gasteiger partial charge in [-0.2, -0.15) is 5.06 Å². The van der Waals surface area contributed by atoms with Crippen LogP contribution in [0.1, 0.15) is 17.3 Å². The van der Waals surface area contributed by atoms with Gasteiger partial charge < -0.3 is 31.3 Å². The van der Waals surface area contributed by atoms with Crippen LogP contribution < -0.4 is 11.5 Å². The highest BCUT2D eigenvalue weighted by Gasteiger charge is 2.75. The quantitative estimate of drug-likeness (QED) is 0.384. The number of hydrogen-bond donors (Lipinski definition) is 5. The van der Waals surface area contributed by atoms with Crippen LogP contribution in [0.4, 0.5) is 0 Å². The molecule has 11 nitrogen and oxygen atoms in total. The molecule has 0 bridgehead atoms. The van der Waals surface area contributed by atoms with Gasteiger partial charge in [-0.3, -0.25) is 5.21 Å². The van der Waals surface area contributed by atoms with Gasteiger partial charge in [0.2, 0.25) is 11.6 Å². The summed E-state index contributed by atoms with van der Waals surface area (Å²) in [5, 5.41) is 34.8. The lowest BCUT2D eigenvalue weighted by Crippen LogP contribution is -2.76. The highest BCUT2D eigenvalue weighted by Crippen LogP contribution is 2.50. The normalized spacial score (nSPS) is 33.6. The molecule has 0 aromatic heterocycles. The van der Waals surface area contributed by atoms with Gasteiger partial charge in [-0.15, -0.1) is 0 Å². The van der Waals surface area contributed by atoms with Gasteiger partial charge in [0.05, 0.1) is 18.7 Å². The molecule has 3 heterocycles. The topological polar surface area (TPSA) is 170 Å². The Morgan fingerprint density at radius 1 is 1.19 bits per heavy atom. The number of hydroxylamine groups is 2. The van der Waals surface area contributed by atoms with Crippen molar-refractivity contribution in [2.75, 3.05) is 13.2 Å². The average Bonchev–Trinajstić information content (AvgIpc) is 3.19. The van der Waals surface area contributed by atoms with Crippen molar-refractivity contribution in [3.8, 4) is 0 Å². The molecule has 2 aromatic rings. The van der Waals surface area contributed by atoms with Crippen molar-refractivity contribution in [2.24, 2.45) is 21.5 Å². The Hall–Kier alpha value is -3.41. The van der Waals surface area contributed by atoms with Crippen molar-refractivity contribution in [2.45, 2.75) is 36.4 Å². The second kappa shape index (κ2) is 6.79. The first-order chi connectivity index (χ1) is 15.2. The van der Waals surface area contributed by atoms with E-state index in [1.165, 1.54) is 11.8 Å². The number of hydrogen-bond acceptors (Lipinski definition) is 11. The molecule has 1 saturated heterocycles. The van der Waals surface area contributed by atoms with Gasteiger partial charge in [-0.1, -0.05) is 30.3 Å². The summed E-state index contributed by atoms with van der Waals surface area (Å²) in [7, 11) is 0. The fourth-order valence-electron chi connectivity index (χ4n) is 5.11. The average molecular weight is 440 g/mol. The van der Waals surface area contributed by atoms with Gasteiger partial charge in [0, 0.05) is 0 Å². The van der Waals surface area contributed by atoms with Crippen LogP contribution in [0.5, 0.6) is 0 Å². The standard InChI is InChI=1S/C21H24N6O5/c1-20(30)15(32-17(29)13-7-6-11-4-2-3-5-12(11)8-13)9-26-18(22)24-14(10-28)16-21(20,26)27(31)19(23)25-16/h2-8,14-16,28,30-31H,9-10H2,1H3,(H2,22,24)(H2,23,25). The number of aliphatic hydroxyl groups excluding tert-OH is 1. The number of rotatable bonds is 3. The third-order valence-corrected chi connectivity index (χ3v) is 6.72. The Morgan fingerprint density at radius 3 is 2.62 bits per heavy atom. The van der Waals surface area contributed by atoms with E-state index in [0.717, 1.165) is 10.8 Å². The number of ether oxygens (including phenoxy) is 1. The molecule has 3 aliphatic heterocycles. The first-order valence-electron chi connectivity index (χ1n) is 10.2. The Bertz CT molecular complexity index is 1170. The van der Waals surface area contributed by atoms with Crippen LogP contribution in [0, 0.1) is 0 Å². The smallest absolute Gasteiger partial charge is 0.338 e. The van der Waals surface area contributed by atoms with E-state index in [-0.39, 0.29) is 18.5 Å². The first-order valence-corrected chi connectivity index (χ1v) is 10.2. The molecule has 0 aliphatic carbocycles. The minimum Gasteiger partial charge on any atom is -0.454 e. The third-order valence-electron chi connectivity index (χ3n) is 6.72. The number of benzene rings is 2. The second-order valence-corrected chi connectivity index (χ2v) is 8.42. The van der Waals surface area contributed by atoms with Crippen molar-refractivity contribution < 1.29 is 25.0 Å². The van der Waals surface area contributed by atoms with Crippen molar-refractivity contribution in [3.05, 3.63) is 48.0 Å². The van der Waals surface area contributed by atoms with Crippen LogP contribution in [0.25, 0.3) is 10.8 Å². The Labute approximate surface area is 183 Å². The van der Waals surface area contributed by atoms with Crippen molar-refractivity contribution in [1.29, 1.82) is 0 Å². The Morgan fingerprint density at radius 2 is 1.91 bits per heavy atom. The zero-order valence-corrected chi connectivity index (χ0v) is 17.3. The molecule has 1 fully saturated rings. The molecule has 2 aromatic carbocycles. The largest absolute Gasteiger partial charge is 0.454 e. The number of guanidine groups is 2. The molecule has 0 amide bonds. The van der Waals surface area contributed by atoms with E-state index in [0.29, 0.717) is 10.6 Å². The fourth-order valence-corrected chi connectivity index (χ4v) is 5.11. The van der Waals surface area contributed by atoms with Gasteiger partial charge >= 0.3 is 5.97 Å². The first kappa shape index (κ1) is 20.5. The number of nitrogens with two attached hydrogens (primary N) is 2. The number of aliphatic hydroxyl groups is 2. The predicted octanol–water partition coefficient (Wildman–Crippen LogP) is -0.795. The summed E-state index contributed by atoms with van der Waals surface area (Å²) < 4.78 is 5.72. The Balaban J connectivity index is 1.51. The lowest BCUT2D eigenvalue weighted by molar-refractivity contribution is -0.228. The lowest BCUT2D eigenvalue weighted by Gasteiger charge is -2.51. The molecule has 168 valence electrons. The molecule has 7 N–H and O–H groups in total. The number of nitrogens with zero attached hydrogens (tertiary/aromatic N) is 4. The highest BCUT2D eigenvalue weighted by atomic mass is 16.6. The Kier molecular flexibility index (Phi) is 4.35. The van der Waals surface area contributed by atoms with Gasteiger partial charge in [0.1, 0.15) is 17.7 Å². The molecule has 0 saturated carbocycles. The van der Waals surface area contributed by atoms with E-state index in [2.05, 4.69) is 9.98 Å². The van der Waals surface area contributed by atoms with Crippen LogP contribution in [-0.2, 0) is 4.74 Å². The van der Waals surface area contributed by atoms with Gasteiger partial charge in [0.25, 0.3) is 0 Å². The summed E-state index contributed by atoms with van der Waals surface area (Å²) >= 11 is 0. The molecular formula is C21H24N6O5. The zero-order chi connectivity index (χ0) is 22.8. The minimum atomic E-state index is -1.88. The van der Waals surface area contributed by atoms with Crippen LogP contribution in [-0.4, -0.2) is 85.9 Å². The monoisotopic (exact) mass is 440 g/mol. The van der Waals surface area contributed by atoms with Crippen LogP contribution in [0.2, 0.25) is 0 Å². The van der Waals surface area contributed by atoms with E-state index in [9.17, 15) is 20.2 Å². The maximum absolute atomic E-state index is 13.0. The van der Waals surface area contributed by atoms with E-state index in [4.69, 9.17) is 16.2 Å². The summed E-state index contributed by atoms with van der Waals surface area (Å²) in [5.74, 6) is -0.932. The summed E-state index contributed by atoms with van der Waals surface area (Å²) in [6, 6.07) is 11.0. The van der Waals surface area contributed by atoms with Crippen LogP contribution in [0.3, 0.4) is 0 Å². The van der Waals surface area contributed by atoms with Gasteiger partial charge in [-0.25, -0.2) is 14.8 Å². The molecule has 11 heteroatoms. The summed E-state index contributed by atoms with van der Waals surface area (Å²) in [4.78, 5) is 22.9. The van der Waals surface area contributed by atoms with Crippen molar-refractivity contribution in [3.63, 3.8) is 0 Å². The third kappa shape index (κ3) is 2.49. The van der Waals surface area contributed by atoms with Gasteiger partial charge in [0.15, 0.2) is 12.1 Å². The molecule has 5 rings (SSSR count). The second-order valence-electron chi connectivity index (χ2n) is 8.42. The molecule has 32 heavy (non-hydrogen) atoms. The number of aliphatic imine (C=N–C) groups is 2. The van der Waals surface area contributed by atoms with Gasteiger partial charge in [-0.05, 0) is 29.8 Å². The van der Waals surface area contributed by atoms with Crippen molar-refractivity contribution >= 4 is 28.7 Å². The fraction of sp³-hybridized carbons (Fsp3) is 0.381. The van der Waals surface area contributed by atoms with E-state index >= 15 is 0 Å². The molecular weight excluding hydrogens is 416 g/mol. The summed E-state index contributed by atoms with van der Waals surface area (Å²) in [6.07, 6.45) is -1.11. The minimum absolute atomic E-state index is 0.0335. The van der Waals surface area contributed by atoms with Crippen LogP contribution >= 0.6 is 0 Å². The molecule has 3 aliphatic rings. The highest BCUT2D eigenvalue weighted by molar-refractivity contribution is 5.95. The summed E-state index contributed by atoms with van der Waals surface area (Å²) in [6.45, 7) is 0.933. The molecule has 1 spiro atoms. The van der Waals surface area contributed by atoms with Crippen LogP contribution in [0.15, 0.2) is 52.4 Å².